The SMILES string of the molecule is C=C1/C(=C/C=C2/CCC[C@]3(C)[C@@H]([C@@H](C)CCCC(C)(C)O)CC[C@@H]23)C[C@@H](O)C[C@@H]1O. The average Bonchev–Trinajstić information content (AvgIpc) is 3.00. The van der Waals surface area contributed by atoms with E-state index in [0.717, 1.165) is 29.9 Å². The van der Waals surface area contributed by atoms with Crippen molar-refractivity contribution in [3.05, 3.63) is 35.5 Å². The number of hydrogen-bond donors (Lipinski definition) is 3. The van der Waals surface area contributed by atoms with Crippen LogP contribution in [0.25, 0.3) is 0 Å². The van der Waals surface area contributed by atoms with Gasteiger partial charge in [-0.3, -0.25) is 0 Å². The number of hydrogen-bond acceptors (Lipinski definition) is 3. The van der Waals surface area contributed by atoms with E-state index in [-0.39, 0.29) is 0 Å². The maximum absolute atomic E-state index is 10.1. The van der Waals surface area contributed by atoms with Crippen molar-refractivity contribution in [2.24, 2.45) is 23.2 Å². The maximum atomic E-state index is 10.1. The van der Waals surface area contributed by atoms with Crippen LogP contribution >= 0.6 is 0 Å². The number of fused-ring (bicyclic) bond motifs is 1. The number of rotatable bonds is 6. The maximum Gasteiger partial charge on any atom is 0.0811 e. The first-order valence-corrected chi connectivity index (χ1v) is 12.2. The normalized spacial score (nSPS) is 38.8. The summed E-state index contributed by atoms with van der Waals surface area (Å²) >= 11 is 0. The van der Waals surface area contributed by atoms with Crippen LogP contribution in [0.15, 0.2) is 35.5 Å². The van der Waals surface area contributed by atoms with Crippen LogP contribution in [0, 0.1) is 23.2 Å². The first-order chi connectivity index (χ1) is 14.0. The molecule has 3 N–H and O–H groups in total. The van der Waals surface area contributed by atoms with Gasteiger partial charge in [-0.2, -0.15) is 0 Å². The first-order valence-electron chi connectivity index (χ1n) is 12.2. The molecule has 3 heteroatoms. The van der Waals surface area contributed by atoms with E-state index in [1.807, 2.05) is 13.8 Å². The predicted molar refractivity (Wildman–Crippen MR) is 124 cm³/mol. The lowest BCUT2D eigenvalue weighted by Gasteiger charge is -2.44. The van der Waals surface area contributed by atoms with Crippen molar-refractivity contribution in [2.75, 3.05) is 0 Å². The smallest absolute Gasteiger partial charge is 0.0811 e. The summed E-state index contributed by atoms with van der Waals surface area (Å²) in [4.78, 5) is 0. The summed E-state index contributed by atoms with van der Waals surface area (Å²) in [7, 11) is 0. The van der Waals surface area contributed by atoms with Crippen molar-refractivity contribution >= 4 is 0 Å². The average molecular weight is 417 g/mol. The molecule has 170 valence electrons. The zero-order chi connectivity index (χ0) is 22.1. The van der Waals surface area contributed by atoms with Gasteiger partial charge in [-0.05, 0) is 93.1 Å². The van der Waals surface area contributed by atoms with Gasteiger partial charge in [-0.25, -0.2) is 0 Å². The summed E-state index contributed by atoms with van der Waals surface area (Å²) in [5.41, 5.74) is 3.17. The highest BCUT2D eigenvalue weighted by molar-refractivity contribution is 5.38. The van der Waals surface area contributed by atoms with E-state index in [9.17, 15) is 15.3 Å². The molecule has 3 aliphatic rings. The molecule has 0 aromatic rings. The van der Waals surface area contributed by atoms with E-state index in [1.54, 1.807) is 5.57 Å². The van der Waals surface area contributed by atoms with Gasteiger partial charge in [-0.15, -0.1) is 0 Å². The second kappa shape index (κ2) is 9.30. The van der Waals surface area contributed by atoms with Gasteiger partial charge in [0.15, 0.2) is 0 Å². The Hall–Kier alpha value is -0.900. The Morgan fingerprint density at radius 2 is 1.97 bits per heavy atom. The number of aliphatic hydroxyl groups is 3. The molecule has 3 saturated carbocycles. The topological polar surface area (TPSA) is 60.7 Å². The molecule has 0 aromatic carbocycles. The van der Waals surface area contributed by atoms with Crippen molar-refractivity contribution in [1.82, 2.24) is 0 Å². The molecule has 3 aliphatic carbocycles. The fourth-order valence-corrected chi connectivity index (χ4v) is 6.74. The first kappa shape index (κ1) is 23.8. The van der Waals surface area contributed by atoms with Gasteiger partial charge in [0.1, 0.15) is 0 Å². The number of allylic oxidation sites excluding steroid dienone is 3. The molecule has 3 rings (SSSR count). The quantitative estimate of drug-likeness (QED) is 0.520. The third kappa shape index (κ3) is 5.29. The van der Waals surface area contributed by atoms with Crippen LogP contribution in [-0.4, -0.2) is 33.1 Å². The van der Waals surface area contributed by atoms with Gasteiger partial charge in [0.05, 0.1) is 17.8 Å². The van der Waals surface area contributed by atoms with Crippen LogP contribution in [0.2, 0.25) is 0 Å². The summed E-state index contributed by atoms with van der Waals surface area (Å²) in [6.45, 7) is 12.8. The van der Waals surface area contributed by atoms with Crippen LogP contribution < -0.4 is 0 Å². The second-order valence-corrected chi connectivity index (χ2v) is 11.3. The standard InChI is InChI=1S/C27H44O3/c1-18(8-6-14-26(3,4)30)23-12-13-24-20(9-7-15-27(23,24)5)10-11-21-16-22(28)17-25(29)19(21)2/h10-11,18,22-25,28-30H,2,6-9,12-17H2,1,3-5H3/b20-10-,21-11+/t18-,22+,23+,24-,25-,27+/m0/s1. The summed E-state index contributed by atoms with van der Waals surface area (Å²) in [6, 6.07) is 0. The minimum Gasteiger partial charge on any atom is -0.393 e. The van der Waals surface area contributed by atoms with Gasteiger partial charge in [0.2, 0.25) is 0 Å². The molecule has 0 amide bonds. The Balaban J connectivity index is 1.70. The summed E-state index contributed by atoms with van der Waals surface area (Å²) in [5, 5.41) is 30.2. The van der Waals surface area contributed by atoms with Crippen LogP contribution in [-0.2, 0) is 0 Å². The Bertz CT molecular complexity index is 683. The van der Waals surface area contributed by atoms with Crippen LogP contribution in [0.5, 0.6) is 0 Å². The molecule has 0 unspecified atom stereocenters. The monoisotopic (exact) mass is 416 g/mol. The summed E-state index contributed by atoms with van der Waals surface area (Å²) in [5.74, 6) is 2.11. The van der Waals surface area contributed by atoms with E-state index >= 15 is 0 Å². The molecule has 0 heterocycles. The highest BCUT2D eigenvalue weighted by atomic mass is 16.3. The Morgan fingerprint density at radius 3 is 2.67 bits per heavy atom. The molecule has 0 radical (unpaired) electrons. The van der Waals surface area contributed by atoms with E-state index in [4.69, 9.17) is 0 Å². The summed E-state index contributed by atoms with van der Waals surface area (Å²) in [6.07, 6.45) is 13.9. The molecule has 0 aliphatic heterocycles. The van der Waals surface area contributed by atoms with E-state index in [0.29, 0.717) is 30.1 Å². The zero-order valence-corrected chi connectivity index (χ0v) is 19.7. The molecule has 0 aromatic heterocycles. The van der Waals surface area contributed by atoms with Gasteiger partial charge >= 0.3 is 0 Å². The molecule has 0 bridgehead atoms. The molecule has 3 fully saturated rings. The molecule has 0 saturated heterocycles. The minimum atomic E-state index is -0.615. The fourth-order valence-electron chi connectivity index (χ4n) is 6.74. The van der Waals surface area contributed by atoms with Crippen molar-refractivity contribution in [2.45, 2.75) is 110 Å². The van der Waals surface area contributed by atoms with E-state index in [2.05, 4.69) is 32.6 Å². The van der Waals surface area contributed by atoms with E-state index < -0.39 is 17.8 Å². The molecule has 6 atom stereocenters. The largest absolute Gasteiger partial charge is 0.393 e. The van der Waals surface area contributed by atoms with Crippen molar-refractivity contribution in [1.29, 1.82) is 0 Å². The van der Waals surface area contributed by atoms with Crippen LogP contribution in [0.3, 0.4) is 0 Å². The third-order valence-corrected chi connectivity index (χ3v) is 8.44. The molecule has 0 spiro atoms. The predicted octanol–water partition coefficient (Wildman–Crippen LogP) is 5.70. The van der Waals surface area contributed by atoms with Gasteiger partial charge < -0.3 is 15.3 Å². The third-order valence-electron chi connectivity index (χ3n) is 8.44. The lowest BCUT2D eigenvalue weighted by Crippen LogP contribution is -2.36. The molecular formula is C27H44O3. The van der Waals surface area contributed by atoms with Crippen molar-refractivity contribution in [3.8, 4) is 0 Å². The Labute approximate surface area is 184 Å². The van der Waals surface area contributed by atoms with E-state index in [1.165, 1.54) is 38.5 Å². The Kier molecular flexibility index (Phi) is 7.37. The van der Waals surface area contributed by atoms with Crippen LogP contribution in [0.1, 0.15) is 91.9 Å². The van der Waals surface area contributed by atoms with Crippen molar-refractivity contribution < 1.29 is 15.3 Å². The highest BCUT2D eigenvalue weighted by Gasteiger charge is 2.50. The lowest BCUT2D eigenvalue weighted by molar-refractivity contribution is 0.0596. The Morgan fingerprint density at radius 1 is 1.23 bits per heavy atom. The molecule has 3 nitrogen and oxygen atoms in total. The molecule has 30 heavy (non-hydrogen) atoms. The van der Waals surface area contributed by atoms with Gasteiger partial charge in [0.25, 0.3) is 0 Å². The summed E-state index contributed by atoms with van der Waals surface area (Å²) < 4.78 is 0. The van der Waals surface area contributed by atoms with Gasteiger partial charge in [-0.1, -0.05) is 51.0 Å². The highest BCUT2D eigenvalue weighted by Crippen LogP contribution is 2.60. The lowest BCUT2D eigenvalue weighted by atomic mass is 9.60. The zero-order valence-electron chi connectivity index (χ0n) is 19.7. The minimum absolute atomic E-state index is 0.374. The second-order valence-electron chi connectivity index (χ2n) is 11.3. The number of aliphatic hydroxyl groups excluding tert-OH is 2. The van der Waals surface area contributed by atoms with Crippen molar-refractivity contribution in [3.63, 3.8) is 0 Å². The van der Waals surface area contributed by atoms with Gasteiger partial charge in [0, 0.05) is 6.42 Å². The molecular weight excluding hydrogens is 372 g/mol. The van der Waals surface area contributed by atoms with Crippen LogP contribution in [0.4, 0.5) is 0 Å². The fraction of sp³-hybridized carbons (Fsp3) is 0.778.